The minimum absolute atomic E-state index is 0.0333. The van der Waals surface area contributed by atoms with E-state index in [0.29, 0.717) is 29.8 Å². The second-order valence-corrected chi connectivity index (χ2v) is 10.1. The molecule has 39 heavy (non-hydrogen) atoms. The van der Waals surface area contributed by atoms with Gasteiger partial charge in [0.15, 0.2) is 5.78 Å². The average Bonchev–Trinajstić information content (AvgIpc) is 3.23. The summed E-state index contributed by atoms with van der Waals surface area (Å²) in [5.41, 5.74) is 5.71. The quantitative estimate of drug-likeness (QED) is 0.114. The standard InChI is InChI=1S/C34H33NO4/c1-3-4-5-6-7-21-39-34(38)27-13-11-24(12-14-27)22-35-31-20-19-28(26-17-15-25(16-18-26)23(2)36)29-9-8-10-30(32(29)31)33(35)37/h8-20H,3-7,21-22H2,1-2H3. The molecule has 4 aromatic rings. The largest absolute Gasteiger partial charge is 0.462 e. The predicted molar refractivity (Wildman–Crippen MR) is 155 cm³/mol. The number of hydrogen-bond acceptors (Lipinski definition) is 4. The molecule has 0 saturated heterocycles. The van der Waals surface area contributed by atoms with Crippen LogP contribution in [0.2, 0.25) is 0 Å². The monoisotopic (exact) mass is 519 g/mol. The highest BCUT2D eigenvalue weighted by Crippen LogP contribution is 2.42. The topological polar surface area (TPSA) is 63.7 Å². The molecule has 0 radical (unpaired) electrons. The van der Waals surface area contributed by atoms with Crippen molar-refractivity contribution in [3.8, 4) is 11.1 Å². The maximum Gasteiger partial charge on any atom is 0.338 e. The molecule has 0 saturated carbocycles. The Balaban J connectivity index is 1.32. The Bertz CT molecular complexity index is 1520. The van der Waals surface area contributed by atoms with E-state index in [2.05, 4.69) is 6.92 Å². The number of amides is 1. The van der Waals surface area contributed by atoms with E-state index in [4.69, 9.17) is 4.74 Å². The number of rotatable bonds is 11. The molecule has 5 heteroatoms. The lowest BCUT2D eigenvalue weighted by Crippen LogP contribution is -2.26. The van der Waals surface area contributed by atoms with E-state index in [1.165, 1.54) is 19.3 Å². The van der Waals surface area contributed by atoms with Crippen molar-refractivity contribution in [3.63, 3.8) is 0 Å². The number of carbonyl (C=O) groups excluding carboxylic acids is 3. The van der Waals surface area contributed by atoms with E-state index in [0.717, 1.165) is 46.0 Å². The van der Waals surface area contributed by atoms with Gasteiger partial charge in [0.25, 0.3) is 5.91 Å². The molecule has 5 rings (SSSR count). The number of Topliss-reactive ketones (excluding diaryl/α,β-unsaturated/α-hetero) is 1. The van der Waals surface area contributed by atoms with Gasteiger partial charge in [0.1, 0.15) is 0 Å². The first kappa shape index (κ1) is 26.4. The Morgan fingerprint density at radius 1 is 0.769 bits per heavy atom. The highest BCUT2D eigenvalue weighted by Gasteiger charge is 2.30. The van der Waals surface area contributed by atoms with Crippen molar-refractivity contribution in [2.24, 2.45) is 0 Å². The summed E-state index contributed by atoms with van der Waals surface area (Å²) >= 11 is 0. The van der Waals surface area contributed by atoms with Gasteiger partial charge in [0.2, 0.25) is 0 Å². The molecule has 0 unspecified atom stereocenters. The zero-order valence-corrected chi connectivity index (χ0v) is 22.5. The van der Waals surface area contributed by atoms with Gasteiger partial charge in [-0.05, 0) is 59.7 Å². The van der Waals surface area contributed by atoms with Crippen LogP contribution in [0, 0.1) is 0 Å². The highest BCUT2D eigenvalue weighted by molar-refractivity contribution is 6.26. The molecular formula is C34H33NO4. The molecular weight excluding hydrogens is 486 g/mol. The molecule has 0 atom stereocenters. The van der Waals surface area contributed by atoms with Crippen molar-refractivity contribution in [1.29, 1.82) is 0 Å². The zero-order valence-electron chi connectivity index (χ0n) is 22.5. The van der Waals surface area contributed by atoms with E-state index in [1.54, 1.807) is 24.0 Å². The van der Waals surface area contributed by atoms with Crippen LogP contribution in [0.5, 0.6) is 0 Å². The van der Waals surface area contributed by atoms with Crippen molar-refractivity contribution in [3.05, 3.63) is 101 Å². The molecule has 0 aliphatic carbocycles. The van der Waals surface area contributed by atoms with Gasteiger partial charge in [-0.3, -0.25) is 9.59 Å². The Morgan fingerprint density at radius 2 is 1.49 bits per heavy atom. The third-order valence-corrected chi connectivity index (χ3v) is 7.40. The van der Waals surface area contributed by atoms with Crippen LogP contribution in [-0.2, 0) is 11.3 Å². The molecule has 1 aliphatic heterocycles. The lowest BCUT2D eigenvalue weighted by atomic mass is 9.95. The summed E-state index contributed by atoms with van der Waals surface area (Å²) in [4.78, 5) is 39.4. The number of benzene rings is 4. The summed E-state index contributed by atoms with van der Waals surface area (Å²) in [5, 5.41) is 1.94. The molecule has 0 bridgehead atoms. The van der Waals surface area contributed by atoms with Gasteiger partial charge in [-0.2, -0.15) is 0 Å². The highest BCUT2D eigenvalue weighted by atomic mass is 16.5. The second kappa shape index (κ2) is 11.6. The van der Waals surface area contributed by atoms with Crippen LogP contribution in [0.15, 0.2) is 78.9 Å². The van der Waals surface area contributed by atoms with Gasteiger partial charge in [-0.1, -0.05) is 87.2 Å². The van der Waals surface area contributed by atoms with Crippen LogP contribution in [-0.4, -0.2) is 24.3 Å². The van der Waals surface area contributed by atoms with Crippen LogP contribution < -0.4 is 4.90 Å². The summed E-state index contributed by atoms with van der Waals surface area (Å²) in [6, 6.07) is 24.8. The van der Waals surface area contributed by atoms with E-state index in [9.17, 15) is 14.4 Å². The van der Waals surface area contributed by atoms with Crippen LogP contribution in [0.25, 0.3) is 21.9 Å². The fourth-order valence-electron chi connectivity index (χ4n) is 5.22. The molecule has 0 spiro atoms. The minimum atomic E-state index is -0.310. The summed E-state index contributed by atoms with van der Waals surface area (Å²) < 4.78 is 5.43. The molecule has 4 aromatic carbocycles. The SMILES string of the molecule is CCCCCCCOC(=O)c1ccc(CN2C(=O)c3cccc4c(-c5ccc(C(C)=O)cc5)ccc2c34)cc1. The average molecular weight is 520 g/mol. The molecule has 198 valence electrons. The maximum atomic E-state index is 13.5. The van der Waals surface area contributed by atoms with Crippen LogP contribution in [0.4, 0.5) is 5.69 Å². The van der Waals surface area contributed by atoms with Gasteiger partial charge in [-0.25, -0.2) is 4.79 Å². The number of carbonyl (C=O) groups is 3. The van der Waals surface area contributed by atoms with E-state index >= 15 is 0 Å². The van der Waals surface area contributed by atoms with E-state index in [1.807, 2.05) is 66.7 Å². The third-order valence-electron chi connectivity index (χ3n) is 7.40. The Kier molecular flexibility index (Phi) is 7.87. The number of ether oxygens (including phenoxy) is 1. The Hall–Kier alpha value is -4.25. The summed E-state index contributed by atoms with van der Waals surface area (Å²) in [6.45, 7) is 4.58. The van der Waals surface area contributed by atoms with Crippen molar-refractivity contribution in [2.45, 2.75) is 52.5 Å². The second-order valence-electron chi connectivity index (χ2n) is 10.1. The van der Waals surface area contributed by atoms with Gasteiger partial charge in [0.05, 0.1) is 24.4 Å². The number of anilines is 1. The smallest absolute Gasteiger partial charge is 0.338 e. The summed E-state index contributed by atoms with van der Waals surface area (Å²) in [7, 11) is 0. The number of ketones is 1. The number of esters is 1. The Labute approximate surface area is 229 Å². The van der Waals surface area contributed by atoms with Gasteiger partial charge >= 0.3 is 5.97 Å². The molecule has 0 fully saturated rings. The maximum absolute atomic E-state index is 13.5. The first-order valence-electron chi connectivity index (χ1n) is 13.7. The number of unbranched alkanes of at least 4 members (excludes halogenated alkanes) is 4. The van der Waals surface area contributed by atoms with Gasteiger partial charge in [0, 0.05) is 16.5 Å². The predicted octanol–water partition coefficient (Wildman–Crippen LogP) is 8.00. The van der Waals surface area contributed by atoms with E-state index < -0.39 is 0 Å². The van der Waals surface area contributed by atoms with Gasteiger partial charge < -0.3 is 9.64 Å². The first-order chi connectivity index (χ1) is 19.0. The number of hydrogen-bond donors (Lipinski definition) is 0. The number of nitrogens with zero attached hydrogens (tertiary/aromatic N) is 1. The van der Waals surface area contributed by atoms with Crippen LogP contribution in [0.1, 0.15) is 82.6 Å². The summed E-state index contributed by atoms with van der Waals surface area (Å²) in [6.07, 6.45) is 5.54. The van der Waals surface area contributed by atoms with Crippen molar-refractivity contribution < 1.29 is 19.1 Å². The zero-order chi connectivity index (χ0) is 27.4. The van der Waals surface area contributed by atoms with Crippen LogP contribution >= 0.6 is 0 Å². The fraction of sp³-hybridized carbons (Fsp3) is 0.265. The minimum Gasteiger partial charge on any atom is -0.462 e. The summed E-state index contributed by atoms with van der Waals surface area (Å²) in [5.74, 6) is -0.313. The molecule has 0 N–H and O–H groups in total. The molecule has 5 nitrogen and oxygen atoms in total. The lowest BCUT2D eigenvalue weighted by Gasteiger charge is -2.18. The molecule has 1 amide bonds. The van der Waals surface area contributed by atoms with Gasteiger partial charge in [-0.15, -0.1) is 0 Å². The molecule has 1 heterocycles. The van der Waals surface area contributed by atoms with Crippen molar-refractivity contribution in [1.82, 2.24) is 0 Å². The fourth-order valence-corrected chi connectivity index (χ4v) is 5.22. The first-order valence-corrected chi connectivity index (χ1v) is 13.7. The molecule has 1 aliphatic rings. The normalized spacial score (nSPS) is 12.3. The third kappa shape index (κ3) is 5.49. The van der Waals surface area contributed by atoms with Crippen LogP contribution in [0.3, 0.4) is 0 Å². The Morgan fingerprint density at radius 3 is 2.21 bits per heavy atom. The van der Waals surface area contributed by atoms with Crippen molar-refractivity contribution >= 4 is 34.1 Å². The lowest BCUT2D eigenvalue weighted by molar-refractivity contribution is 0.0497. The van der Waals surface area contributed by atoms with Crippen molar-refractivity contribution in [2.75, 3.05) is 11.5 Å². The van der Waals surface area contributed by atoms with E-state index in [-0.39, 0.29) is 17.7 Å². The molecule has 0 aromatic heterocycles.